The lowest BCUT2D eigenvalue weighted by Crippen LogP contribution is -2.17. The molecular formula is C13H14O4. The predicted molar refractivity (Wildman–Crippen MR) is 64.5 cm³/mol. The first-order valence-electron chi connectivity index (χ1n) is 5.38. The van der Waals surface area contributed by atoms with Gasteiger partial charge >= 0.3 is 5.63 Å². The summed E-state index contributed by atoms with van der Waals surface area (Å²) < 4.78 is 15.7. The van der Waals surface area contributed by atoms with E-state index in [4.69, 9.17) is 13.9 Å². The van der Waals surface area contributed by atoms with E-state index in [-0.39, 0.29) is 11.7 Å². The second-order valence-corrected chi connectivity index (χ2v) is 3.84. The SMILES string of the molecule is COCC(C)Oc1ccc2ccc(=O)oc2c1. The quantitative estimate of drug-likeness (QED) is 0.761. The van der Waals surface area contributed by atoms with Gasteiger partial charge in [0.2, 0.25) is 0 Å². The minimum Gasteiger partial charge on any atom is -0.488 e. The highest BCUT2D eigenvalue weighted by atomic mass is 16.5. The summed E-state index contributed by atoms with van der Waals surface area (Å²) in [7, 11) is 1.62. The van der Waals surface area contributed by atoms with Gasteiger partial charge in [0.15, 0.2) is 0 Å². The van der Waals surface area contributed by atoms with Crippen molar-refractivity contribution >= 4 is 11.0 Å². The minimum atomic E-state index is -0.361. The molecule has 0 aliphatic carbocycles. The molecule has 0 spiro atoms. The van der Waals surface area contributed by atoms with Crippen LogP contribution >= 0.6 is 0 Å². The summed E-state index contributed by atoms with van der Waals surface area (Å²) in [6, 6.07) is 8.53. The number of methoxy groups -OCH3 is 1. The zero-order valence-electron chi connectivity index (χ0n) is 9.80. The Balaban J connectivity index is 2.27. The summed E-state index contributed by atoms with van der Waals surface area (Å²) in [5.74, 6) is 0.663. The molecule has 0 saturated carbocycles. The predicted octanol–water partition coefficient (Wildman–Crippen LogP) is 2.21. The van der Waals surface area contributed by atoms with Crippen LogP contribution in [0, 0.1) is 0 Å². The number of benzene rings is 1. The van der Waals surface area contributed by atoms with Crippen molar-refractivity contribution in [3.8, 4) is 5.75 Å². The van der Waals surface area contributed by atoms with Crippen LogP contribution in [0.25, 0.3) is 11.0 Å². The molecule has 1 aromatic carbocycles. The minimum absolute atomic E-state index is 0.0483. The van der Waals surface area contributed by atoms with Gasteiger partial charge in [-0.3, -0.25) is 0 Å². The van der Waals surface area contributed by atoms with Crippen molar-refractivity contribution in [1.29, 1.82) is 0 Å². The Morgan fingerprint density at radius 2 is 2.06 bits per heavy atom. The highest BCUT2D eigenvalue weighted by Gasteiger charge is 2.05. The normalized spacial score (nSPS) is 12.6. The maximum absolute atomic E-state index is 11.1. The molecule has 0 aliphatic heterocycles. The van der Waals surface area contributed by atoms with Gasteiger partial charge in [0.1, 0.15) is 17.4 Å². The standard InChI is InChI=1S/C13H14O4/c1-9(8-15-2)16-11-5-3-10-4-6-13(14)17-12(10)7-11/h3-7,9H,8H2,1-2H3. The lowest BCUT2D eigenvalue weighted by Gasteiger charge is -2.13. The van der Waals surface area contributed by atoms with Crippen LogP contribution in [0.15, 0.2) is 39.5 Å². The molecule has 0 fully saturated rings. The third-order valence-corrected chi connectivity index (χ3v) is 2.33. The fourth-order valence-electron chi connectivity index (χ4n) is 1.62. The van der Waals surface area contributed by atoms with Crippen LogP contribution in [-0.2, 0) is 4.74 Å². The van der Waals surface area contributed by atoms with Crippen molar-refractivity contribution < 1.29 is 13.9 Å². The Kier molecular flexibility index (Phi) is 3.44. The molecule has 1 aromatic heterocycles. The van der Waals surface area contributed by atoms with E-state index in [1.54, 1.807) is 19.2 Å². The van der Waals surface area contributed by atoms with Crippen LogP contribution < -0.4 is 10.4 Å². The number of ether oxygens (including phenoxy) is 2. The summed E-state index contributed by atoms with van der Waals surface area (Å²) in [6.45, 7) is 2.42. The van der Waals surface area contributed by atoms with E-state index < -0.39 is 0 Å². The van der Waals surface area contributed by atoms with Crippen LogP contribution in [0.5, 0.6) is 5.75 Å². The van der Waals surface area contributed by atoms with Crippen LogP contribution in [0.3, 0.4) is 0 Å². The Morgan fingerprint density at radius 3 is 2.82 bits per heavy atom. The van der Waals surface area contributed by atoms with Gasteiger partial charge in [-0.15, -0.1) is 0 Å². The van der Waals surface area contributed by atoms with E-state index >= 15 is 0 Å². The third-order valence-electron chi connectivity index (χ3n) is 2.33. The van der Waals surface area contributed by atoms with Crippen molar-refractivity contribution in [2.75, 3.05) is 13.7 Å². The van der Waals surface area contributed by atoms with Gasteiger partial charge in [0.25, 0.3) is 0 Å². The summed E-state index contributed by atoms with van der Waals surface area (Å²) in [5.41, 5.74) is 0.166. The van der Waals surface area contributed by atoms with Crippen LogP contribution in [0.4, 0.5) is 0 Å². The van der Waals surface area contributed by atoms with Gasteiger partial charge in [0.05, 0.1) is 6.61 Å². The van der Waals surface area contributed by atoms with E-state index in [9.17, 15) is 4.79 Å². The molecule has 0 radical (unpaired) electrons. The van der Waals surface area contributed by atoms with E-state index in [2.05, 4.69) is 0 Å². The monoisotopic (exact) mass is 234 g/mol. The summed E-state index contributed by atoms with van der Waals surface area (Å²) >= 11 is 0. The Bertz CT molecular complexity index is 559. The molecular weight excluding hydrogens is 220 g/mol. The molecule has 1 atom stereocenters. The first kappa shape index (κ1) is 11.7. The average Bonchev–Trinajstić information content (AvgIpc) is 2.28. The molecule has 4 nitrogen and oxygen atoms in total. The second kappa shape index (κ2) is 5.01. The maximum Gasteiger partial charge on any atom is 0.336 e. The van der Waals surface area contributed by atoms with Gasteiger partial charge < -0.3 is 13.9 Å². The molecule has 4 heteroatoms. The first-order valence-corrected chi connectivity index (χ1v) is 5.38. The largest absolute Gasteiger partial charge is 0.488 e. The van der Waals surface area contributed by atoms with E-state index in [1.807, 2.05) is 19.1 Å². The average molecular weight is 234 g/mol. The Labute approximate surface area is 98.8 Å². The summed E-state index contributed by atoms with van der Waals surface area (Å²) in [6.07, 6.45) is -0.0483. The smallest absolute Gasteiger partial charge is 0.336 e. The van der Waals surface area contributed by atoms with Gasteiger partial charge in [-0.2, -0.15) is 0 Å². The molecule has 0 saturated heterocycles. The molecule has 2 aromatic rings. The van der Waals surface area contributed by atoms with Crippen molar-refractivity contribution in [2.24, 2.45) is 0 Å². The van der Waals surface area contributed by atoms with Gasteiger partial charge in [0, 0.05) is 24.6 Å². The highest BCUT2D eigenvalue weighted by Crippen LogP contribution is 2.20. The van der Waals surface area contributed by atoms with Crippen molar-refractivity contribution in [1.82, 2.24) is 0 Å². The fourth-order valence-corrected chi connectivity index (χ4v) is 1.62. The van der Waals surface area contributed by atoms with Crippen molar-refractivity contribution in [3.05, 3.63) is 40.8 Å². The van der Waals surface area contributed by atoms with Gasteiger partial charge in [-0.1, -0.05) is 0 Å². The van der Waals surface area contributed by atoms with Crippen LogP contribution in [-0.4, -0.2) is 19.8 Å². The lowest BCUT2D eigenvalue weighted by atomic mass is 10.2. The molecule has 0 bridgehead atoms. The molecule has 17 heavy (non-hydrogen) atoms. The first-order chi connectivity index (χ1) is 8.19. The number of hydrogen-bond donors (Lipinski definition) is 0. The van der Waals surface area contributed by atoms with Crippen molar-refractivity contribution in [3.63, 3.8) is 0 Å². The second-order valence-electron chi connectivity index (χ2n) is 3.84. The molecule has 1 unspecified atom stereocenters. The van der Waals surface area contributed by atoms with Gasteiger partial charge in [-0.05, 0) is 25.1 Å². The Hall–Kier alpha value is -1.81. The molecule has 1 heterocycles. The molecule has 0 N–H and O–H groups in total. The van der Waals surface area contributed by atoms with Crippen LogP contribution in [0.1, 0.15) is 6.92 Å². The topological polar surface area (TPSA) is 48.7 Å². The fraction of sp³-hybridized carbons (Fsp3) is 0.308. The summed E-state index contributed by atoms with van der Waals surface area (Å²) in [4.78, 5) is 11.1. The highest BCUT2D eigenvalue weighted by molar-refractivity contribution is 5.77. The number of hydrogen-bond acceptors (Lipinski definition) is 4. The maximum atomic E-state index is 11.1. The molecule has 0 aliphatic rings. The number of rotatable bonds is 4. The molecule has 2 rings (SSSR count). The van der Waals surface area contributed by atoms with Crippen LogP contribution in [0.2, 0.25) is 0 Å². The molecule has 0 amide bonds. The Morgan fingerprint density at radius 1 is 1.29 bits per heavy atom. The molecule has 90 valence electrons. The number of fused-ring (bicyclic) bond motifs is 1. The zero-order valence-corrected chi connectivity index (χ0v) is 9.80. The van der Waals surface area contributed by atoms with Crippen molar-refractivity contribution in [2.45, 2.75) is 13.0 Å². The van der Waals surface area contributed by atoms with E-state index in [1.165, 1.54) is 6.07 Å². The third kappa shape index (κ3) is 2.85. The van der Waals surface area contributed by atoms with E-state index in [0.29, 0.717) is 17.9 Å². The zero-order chi connectivity index (χ0) is 12.3. The van der Waals surface area contributed by atoms with E-state index in [0.717, 1.165) is 5.39 Å². The van der Waals surface area contributed by atoms with Gasteiger partial charge in [-0.25, -0.2) is 4.79 Å². The summed E-state index contributed by atoms with van der Waals surface area (Å²) in [5, 5.41) is 0.872. The lowest BCUT2D eigenvalue weighted by molar-refractivity contribution is 0.0921.